The van der Waals surface area contributed by atoms with Gasteiger partial charge in [-0.1, -0.05) is 42.5 Å². The number of benzene rings is 2. The third kappa shape index (κ3) is 5.26. The van der Waals surface area contributed by atoms with Gasteiger partial charge in [-0.05, 0) is 59.7 Å². The third-order valence-electron chi connectivity index (χ3n) is 3.75. The van der Waals surface area contributed by atoms with E-state index in [0.29, 0.717) is 18.3 Å². The second-order valence-corrected chi connectivity index (χ2v) is 7.12. The Morgan fingerprint density at radius 3 is 2.50 bits per heavy atom. The molecule has 0 radical (unpaired) electrons. The lowest BCUT2D eigenvalue weighted by Gasteiger charge is -2.08. The van der Waals surface area contributed by atoms with Crippen molar-refractivity contribution in [2.75, 3.05) is 10.7 Å². The first-order valence-electron chi connectivity index (χ1n) is 8.30. The van der Waals surface area contributed by atoms with Crippen LogP contribution in [-0.2, 0) is 6.54 Å². The number of hydrazone groups is 1. The Bertz CT molecular complexity index is 892. The van der Waals surface area contributed by atoms with Crippen molar-refractivity contribution in [3.05, 3.63) is 81.1 Å². The number of nitrogens with zero attached hydrogens (tertiary/aromatic N) is 3. The molecule has 0 aliphatic rings. The summed E-state index contributed by atoms with van der Waals surface area (Å²) in [5, 5.41) is 7.70. The minimum atomic E-state index is 0.582. The van der Waals surface area contributed by atoms with Gasteiger partial charge < -0.3 is 5.32 Å². The Balaban J connectivity index is 1.69. The van der Waals surface area contributed by atoms with Crippen LogP contribution in [0.3, 0.4) is 0 Å². The van der Waals surface area contributed by atoms with E-state index in [1.165, 1.54) is 9.13 Å². The number of halogens is 1. The molecule has 26 heavy (non-hydrogen) atoms. The lowest BCUT2D eigenvalue weighted by molar-refractivity contribution is 1.02. The average Bonchev–Trinajstić information content (AvgIpc) is 2.65. The summed E-state index contributed by atoms with van der Waals surface area (Å²) in [6.45, 7) is 4.59. The second-order valence-electron chi connectivity index (χ2n) is 5.87. The van der Waals surface area contributed by atoms with Crippen LogP contribution in [0.5, 0.6) is 0 Å². The molecule has 0 unspecified atom stereocenters. The molecule has 0 fully saturated rings. The summed E-state index contributed by atoms with van der Waals surface area (Å²) in [7, 11) is 0. The number of aryl methyl sites for hydroxylation is 1. The van der Waals surface area contributed by atoms with Gasteiger partial charge in [-0.15, -0.1) is 0 Å². The smallest absolute Gasteiger partial charge is 0.225 e. The van der Waals surface area contributed by atoms with Gasteiger partial charge in [0.25, 0.3) is 0 Å². The van der Waals surface area contributed by atoms with E-state index in [0.717, 1.165) is 17.0 Å². The Morgan fingerprint density at radius 2 is 1.77 bits per heavy atom. The highest BCUT2D eigenvalue weighted by Gasteiger charge is 2.03. The predicted octanol–water partition coefficient (Wildman–Crippen LogP) is 4.84. The maximum atomic E-state index is 4.49. The number of hydrogen-bond donors (Lipinski definition) is 2. The van der Waals surface area contributed by atoms with E-state index >= 15 is 0 Å². The van der Waals surface area contributed by atoms with Crippen molar-refractivity contribution in [1.29, 1.82) is 0 Å². The Morgan fingerprint density at radius 1 is 1.04 bits per heavy atom. The van der Waals surface area contributed by atoms with E-state index in [2.05, 4.69) is 84.8 Å². The third-order valence-corrected chi connectivity index (χ3v) is 4.47. The molecule has 6 heteroatoms. The molecule has 0 aliphatic carbocycles. The fourth-order valence-electron chi connectivity index (χ4n) is 2.38. The van der Waals surface area contributed by atoms with Gasteiger partial charge in [0.2, 0.25) is 5.95 Å². The van der Waals surface area contributed by atoms with Crippen LogP contribution >= 0.6 is 22.6 Å². The Kier molecular flexibility index (Phi) is 6.17. The standard InChI is InChI=1S/C20H20IN5/c1-14-12-19(26-25-15(2)17-8-10-18(21)11-9-17)24-20(23-14)22-13-16-6-4-3-5-7-16/h3-12H,13H2,1-2H3,(H2,22,23,24,26)/b25-15-. The minimum absolute atomic E-state index is 0.582. The van der Waals surface area contributed by atoms with E-state index < -0.39 is 0 Å². The molecule has 0 spiro atoms. The van der Waals surface area contributed by atoms with Crippen molar-refractivity contribution in [3.63, 3.8) is 0 Å². The predicted molar refractivity (Wildman–Crippen MR) is 116 cm³/mol. The number of aromatic nitrogens is 2. The van der Waals surface area contributed by atoms with Crippen molar-refractivity contribution in [3.8, 4) is 0 Å². The van der Waals surface area contributed by atoms with Gasteiger partial charge in [0.05, 0.1) is 5.71 Å². The fraction of sp³-hybridized carbons (Fsp3) is 0.150. The normalized spacial score (nSPS) is 11.3. The largest absolute Gasteiger partial charge is 0.350 e. The maximum absolute atomic E-state index is 4.49. The van der Waals surface area contributed by atoms with Crippen molar-refractivity contribution in [2.45, 2.75) is 20.4 Å². The van der Waals surface area contributed by atoms with Crippen LogP contribution in [0.2, 0.25) is 0 Å². The maximum Gasteiger partial charge on any atom is 0.225 e. The molecule has 1 aromatic heterocycles. The molecule has 2 N–H and O–H groups in total. The molecule has 3 aromatic rings. The summed E-state index contributed by atoms with van der Waals surface area (Å²) in [6.07, 6.45) is 0. The SMILES string of the molecule is C/C(=N/Nc1cc(C)nc(NCc2ccccc2)n1)c1ccc(I)cc1. The topological polar surface area (TPSA) is 62.2 Å². The van der Waals surface area contributed by atoms with Gasteiger partial charge in [0.1, 0.15) is 0 Å². The molecule has 132 valence electrons. The first kappa shape index (κ1) is 18.3. The molecule has 2 aromatic carbocycles. The lowest BCUT2D eigenvalue weighted by Crippen LogP contribution is -2.07. The van der Waals surface area contributed by atoms with Crippen molar-refractivity contribution in [1.82, 2.24) is 9.97 Å². The summed E-state index contributed by atoms with van der Waals surface area (Å²) >= 11 is 2.29. The first-order valence-corrected chi connectivity index (χ1v) is 9.38. The number of anilines is 2. The van der Waals surface area contributed by atoms with Crippen molar-refractivity contribution < 1.29 is 0 Å². The highest BCUT2D eigenvalue weighted by Crippen LogP contribution is 2.12. The minimum Gasteiger partial charge on any atom is -0.350 e. The van der Waals surface area contributed by atoms with Crippen LogP contribution < -0.4 is 10.7 Å². The summed E-state index contributed by atoms with van der Waals surface area (Å²) in [5.41, 5.74) is 7.06. The fourth-order valence-corrected chi connectivity index (χ4v) is 2.74. The van der Waals surface area contributed by atoms with Crippen molar-refractivity contribution in [2.24, 2.45) is 5.10 Å². The van der Waals surface area contributed by atoms with Crippen LogP contribution in [0, 0.1) is 10.5 Å². The zero-order valence-corrected chi connectivity index (χ0v) is 16.9. The van der Waals surface area contributed by atoms with Gasteiger partial charge in [-0.3, -0.25) is 5.43 Å². The summed E-state index contributed by atoms with van der Waals surface area (Å²) in [5.74, 6) is 1.25. The Hall–Kier alpha value is -2.48. The molecule has 0 aliphatic heterocycles. The number of hydrogen-bond acceptors (Lipinski definition) is 5. The van der Waals surface area contributed by atoms with Crippen LogP contribution in [0.1, 0.15) is 23.7 Å². The summed E-state index contributed by atoms with van der Waals surface area (Å²) in [6, 6.07) is 20.3. The van der Waals surface area contributed by atoms with Crippen LogP contribution in [0.4, 0.5) is 11.8 Å². The zero-order chi connectivity index (χ0) is 18.4. The quantitative estimate of drug-likeness (QED) is 0.316. The molecule has 0 atom stereocenters. The first-order chi connectivity index (χ1) is 12.6. The van der Waals surface area contributed by atoms with Gasteiger partial charge in [-0.25, -0.2) is 4.98 Å². The second kappa shape index (κ2) is 8.75. The van der Waals surface area contributed by atoms with E-state index in [-0.39, 0.29) is 0 Å². The zero-order valence-electron chi connectivity index (χ0n) is 14.7. The van der Waals surface area contributed by atoms with Crippen molar-refractivity contribution >= 4 is 40.1 Å². The molecule has 1 heterocycles. The summed E-state index contributed by atoms with van der Waals surface area (Å²) < 4.78 is 1.20. The number of nitrogens with one attached hydrogen (secondary N) is 2. The van der Waals surface area contributed by atoms with Crippen LogP contribution in [0.25, 0.3) is 0 Å². The highest BCUT2D eigenvalue weighted by atomic mass is 127. The highest BCUT2D eigenvalue weighted by molar-refractivity contribution is 14.1. The molecular weight excluding hydrogens is 437 g/mol. The van der Waals surface area contributed by atoms with E-state index in [9.17, 15) is 0 Å². The molecule has 0 bridgehead atoms. The molecule has 3 rings (SSSR count). The van der Waals surface area contributed by atoms with E-state index in [1.807, 2.05) is 38.1 Å². The molecule has 0 amide bonds. The average molecular weight is 457 g/mol. The Labute approximate surface area is 167 Å². The van der Waals surface area contributed by atoms with Gasteiger partial charge >= 0.3 is 0 Å². The molecular formula is C20H20IN5. The molecule has 0 saturated carbocycles. The van der Waals surface area contributed by atoms with Gasteiger partial charge in [0.15, 0.2) is 5.82 Å². The van der Waals surface area contributed by atoms with Gasteiger partial charge in [0, 0.05) is 21.9 Å². The summed E-state index contributed by atoms with van der Waals surface area (Å²) in [4.78, 5) is 8.92. The lowest BCUT2D eigenvalue weighted by atomic mass is 10.1. The molecule has 0 saturated heterocycles. The van der Waals surface area contributed by atoms with Gasteiger partial charge in [-0.2, -0.15) is 10.1 Å². The molecule has 5 nitrogen and oxygen atoms in total. The number of rotatable bonds is 6. The van der Waals surface area contributed by atoms with Crippen LogP contribution in [0.15, 0.2) is 65.8 Å². The van der Waals surface area contributed by atoms with Crippen LogP contribution in [-0.4, -0.2) is 15.7 Å². The van der Waals surface area contributed by atoms with E-state index in [4.69, 9.17) is 0 Å². The van der Waals surface area contributed by atoms with E-state index in [1.54, 1.807) is 0 Å². The monoisotopic (exact) mass is 457 g/mol.